The van der Waals surface area contributed by atoms with Crippen molar-refractivity contribution < 1.29 is 0 Å². The molecule has 0 fully saturated rings. The van der Waals surface area contributed by atoms with Gasteiger partial charge in [-0.3, -0.25) is 0 Å². The Kier molecular flexibility index (Phi) is 8.77. The van der Waals surface area contributed by atoms with Crippen LogP contribution in [-0.4, -0.2) is 20.4 Å². The lowest BCUT2D eigenvalue weighted by molar-refractivity contribution is 0.590. The molecule has 11 aromatic carbocycles. The van der Waals surface area contributed by atoms with Crippen molar-refractivity contribution in [1.29, 1.82) is 0 Å². The molecular weight excluding hydrogens is 964 g/mol. The van der Waals surface area contributed by atoms with Gasteiger partial charge in [0.2, 0.25) is 0 Å². The molecule has 17 rings (SSSR count). The molecule has 0 aliphatic carbocycles. The number of para-hydroxylation sites is 3. The van der Waals surface area contributed by atoms with Gasteiger partial charge in [-0.15, -0.1) is 11.3 Å². The van der Waals surface area contributed by atoms with Gasteiger partial charge < -0.3 is 18.6 Å². The predicted octanol–water partition coefficient (Wildman–Crippen LogP) is 17.7. The van der Waals surface area contributed by atoms with Crippen molar-refractivity contribution >= 4 is 148 Å². The van der Waals surface area contributed by atoms with Crippen molar-refractivity contribution in [3.8, 4) is 17.1 Å². The molecule has 2 aliphatic rings. The van der Waals surface area contributed by atoms with Gasteiger partial charge in [0.1, 0.15) is 0 Å². The van der Waals surface area contributed by atoms with Crippen LogP contribution in [0.1, 0.15) is 52.7 Å². The average molecular weight is 1020 g/mol. The first-order chi connectivity index (χ1) is 38.0. The third-order valence-corrected chi connectivity index (χ3v) is 18.9. The lowest BCUT2D eigenvalue weighted by Crippen LogP contribution is -2.59. The summed E-state index contributed by atoms with van der Waals surface area (Å²) >= 11 is 1.98. The van der Waals surface area contributed by atoms with Crippen LogP contribution in [0.15, 0.2) is 212 Å². The van der Waals surface area contributed by atoms with Gasteiger partial charge in [0, 0.05) is 80.8 Å². The number of fused-ring (bicyclic) bond motifs is 19. The zero-order chi connectivity index (χ0) is 52.1. The maximum atomic E-state index is 2.67. The molecule has 0 atom stereocenters. The van der Waals surface area contributed by atoms with Crippen LogP contribution in [0.2, 0.25) is 0 Å². The van der Waals surface area contributed by atoms with Crippen LogP contribution in [0, 0.1) is 0 Å². The van der Waals surface area contributed by atoms with Gasteiger partial charge in [-0.05, 0) is 122 Å². The summed E-state index contributed by atoms with van der Waals surface area (Å²) < 4.78 is 10.5. The standard InChI is InChI=1S/C72H53BN4S/c1-71(2,3)44-29-32-47(33-30-44)75-62-38-48(76-59-35-28-42-17-10-12-21-49(42)65(59)53-34-27-43-18-11-13-22-50(43)67(53)76)39-63-66(62)73(70-69(75)56-37-45(72(4,5)6)31-36-64(56)78-70)57-25-16-24-52-55-41-60-54(40-61(55)77(63)68(52)57)51-23-14-15-26-58(51)74(60)46-19-8-7-9-20-46/h7-41H,1-6H3. The Morgan fingerprint density at radius 2 is 1.01 bits per heavy atom. The van der Waals surface area contributed by atoms with Crippen LogP contribution in [0.4, 0.5) is 17.1 Å². The first kappa shape index (κ1) is 44.3. The van der Waals surface area contributed by atoms with Gasteiger partial charge in [0.15, 0.2) is 0 Å². The van der Waals surface area contributed by atoms with E-state index >= 15 is 0 Å². The predicted molar refractivity (Wildman–Crippen MR) is 337 cm³/mol. The fraction of sp³-hybridized carbons (Fsp3) is 0.111. The Bertz CT molecular complexity index is 5110. The minimum Gasteiger partial charge on any atom is -0.310 e. The minimum atomic E-state index is -0.0349. The summed E-state index contributed by atoms with van der Waals surface area (Å²) in [6, 6.07) is 81.2. The summed E-state index contributed by atoms with van der Waals surface area (Å²) in [5, 5.41) is 13.9. The van der Waals surface area contributed by atoms with Crippen LogP contribution >= 0.6 is 11.3 Å². The average Bonchev–Trinajstić information content (AvgIpc) is 3.37. The quantitative estimate of drug-likeness (QED) is 0.161. The highest BCUT2D eigenvalue weighted by Crippen LogP contribution is 2.50. The van der Waals surface area contributed by atoms with Crippen molar-refractivity contribution in [1.82, 2.24) is 13.7 Å². The van der Waals surface area contributed by atoms with Gasteiger partial charge >= 0.3 is 0 Å². The molecule has 6 heteroatoms. The second-order valence-corrected chi connectivity index (χ2v) is 25.2. The van der Waals surface area contributed by atoms with Crippen LogP contribution < -0.4 is 20.6 Å². The number of anilines is 3. The Balaban J connectivity index is 1.07. The van der Waals surface area contributed by atoms with E-state index in [1.165, 1.54) is 147 Å². The topological polar surface area (TPSA) is 18.0 Å². The molecule has 4 nitrogen and oxygen atoms in total. The first-order valence-electron chi connectivity index (χ1n) is 27.5. The van der Waals surface area contributed by atoms with Crippen LogP contribution in [0.25, 0.3) is 114 Å². The van der Waals surface area contributed by atoms with E-state index in [0.717, 1.165) is 11.4 Å². The SMILES string of the molecule is CC(C)(C)c1ccc(N2c3cc(-n4c5ccc6ccccc6c5c5ccc6ccccc6c54)cc4c3B(c3sc5ccc(C(C)(C)C)cc5c32)c2cccc3c5cc6c(cc5n-4c23)c2ccccc2n6-c2ccccc2)cc1. The maximum Gasteiger partial charge on any atom is 0.264 e. The van der Waals surface area contributed by atoms with Crippen molar-refractivity contribution in [2.45, 2.75) is 52.4 Å². The second kappa shape index (κ2) is 15.4. The van der Waals surface area contributed by atoms with E-state index in [1.54, 1.807) is 0 Å². The largest absolute Gasteiger partial charge is 0.310 e. The number of rotatable bonds is 3. The lowest BCUT2D eigenvalue weighted by atomic mass is 9.36. The molecular formula is C72H53BN4S. The molecule has 0 saturated heterocycles. The summed E-state index contributed by atoms with van der Waals surface area (Å²) in [6.45, 7) is 14.0. The molecule has 4 aromatic heterocycles. The van der Waals surface area contributed by atoms with E-state index in [4.69, 9.17) is 0 Å². The zero-order valence-electron chi connectivity index (χ0n) is 44.5. The molecule has 0 amide bonds. The number of thiophene rings is 1. The summed E-state index contributed by atoms with van der Waals surface area (Å²) in [6.07, 6.45) is 0. The van der Waals surface area contributed by atoms with E-state index in [-0.39, 0.29) is 17.5 Å². The molecule has 0 N–H and O–H groups in total. The van der Waals surface area contributed by atoms with E-state index in [9.17, 15) is 0 Å². The van der Waals surface area contributed by atoms with E-state index in [0.29, 0.717) is 0 Å². The fourth-order valence-electron chi connectivity index (χ4n) is 14.0. The Morgan fingerprint density at radius 3 is 1.79 bits per heavy atom. The monoisotopic (exact) mass is 1020 g/mol. The number of aromatic nitrogens is 3. The van der Waals surface area contributed by atoms with Gasteiger partial charge in [0.25, 0.3) is 6.71 Å². The molecule has 78 heavy (non-hydrogen) atoms. The fourth-order valence-corrected chi connectivity index (χ4v) is 15.3. The minimum absolute atomic E-state index is 0.000681. The molecule has 370 valence electrons. The highest BCUT2D eigenvalue weighted by molar-refractivity contribution is 7.33. The summed E-state index contributed by atoms with van der Waals surface area (Å²) in [4.78, 5) is 2.66. The highest BCUT2D eigenvalue weighted by atomic mass is 32.1. The van der Waals surface area contributed by atoms with Gasteiger partial charge in [-0.1, -0.05) is 181 Å². The summed E-state index contributed by atoms with van der Waals surface area (Å²) in [5.74, 6) is 0. The van der Waals surface area contributed by atoms with E-state index in [2.05, 4.69) is 272 Å². The first-order valence-corrected chi connectivity index (χ1v) is 28.4. The van der Waals surface area contributed by atoms with Gasteiger partial charge in [-0.2, -0.15) is 0 Å². The molecule has 0 unspecified atom stereocenters. The molecule has 15 aromatic rings. The zero-order valence-corrected chi connectivity index (χ0v) is 45.3. The third kappa shape index (κ3) is 5.90. The molecule has 2 aliphatic heterocycles. The number of hydrogen-bond acceptors (Lipinski definition) is 2. The normalized spacial score (nSPS) is 13.5. The molecule has 6 heterocycles. The van der Waals surface area contributed by atoms with Gasteiger partial charge in [-0.25, -0.2) is 0 Å². The van der Waals surface area contributed by atoms with Crippen molar-refractivity contribution in [2.24, 2.45) is 0 Å². The molecule has 0 radical (unpaired) electrons. The third-order valence-electron chi connectivity index (χ3n) is 17.7. The summed E-state index contributed by atoms with van der Waals surface area (Å²) in [5.41, 5.74) is 19.9. The van der Waals surface area contributed by atoms with Crippen LogP contribution in [0.5, 0.6) is 0 Å². The summed E-state index contributed by atoms with van der Waals surface area (Å²) in [7, 11) is 0. The van der Waals surface area contributed by atoms with Crippen molar-refractivity contribution in [3.63, 3.8) is 0 Å². The van der Waals surface area contributed by atoms with Crippen molar-refractivity contribution in [2.75, 3.05) is 4.90 Å². The molecule has 0 saturated carbocycles. The number of nitrogens with zero attached hydrogens (tertiary/aromatic N) is 4. The maximum absolute atomic E-state index is 2.67. The lowest BCUT2D eigenvalue weighted by Gasteiger charge is -2.39. The molecule has 0 spiro atoms. The van der Waals surface area contributed by atoms with Crippen LogP contribution in [0.3, 0.4) is 0 Å². The van der Waals surface area contributed by atoms with Crippen molar-refractivity contribution in [3.05, 3.63) is 223 Å². The number of benzene rings is 11. The number of hydrogen-bond donors (Lipinski definition) is 0. The smallest absolute Gasteiger partial charge is 0.264 e. The van der Waals surface area contributed by atoms with Crippen LogP contribution in [-0.2, 0) is 10.8 Å². The Morgan fingerprint density at radius 1 is 0.372 bits per heavy atom. The molecule has 0 bridgehead atoms. The van der Waals surface area contributed by atoms with Gasteiger partial charge in [0.05, 0.1) is 39.0 Å². The Labute approximate surface area is 456 Å². The van der Waals surface area contributed by atoms with E-state index in [1.807, 2.05) is 11.3 Å². The highest BCUT2D eigenvalue weighted by Gasteiger charge is 2.45. The Hall–Kier alpha value is -8.84. The van der Waals surface area contributed by atoms with E-state index < -0.39 is 0 Å². The second-order valence-electron chi connectivity index (χ2n) is 24.1.